The molecule has 5 atom stereocenters. The van der Waals surface area contributed by atoms with Gasteiger partial charge in [0.1, 0.15) is 24.4 Å². The highest BCUT2D eigenvalue weighted by Gasteiger charge is 2.62. The van der Waals surface area contributed by atoms with Crippen LogP contribution in [0.4, 0.5) is 0 Å². The minimum atomic E-state index is -0.118. The maximum atomic E-state index is 5.98. The van der Waals surface area contributed by atoms with Crippen LogP contribution in [-0.2, 0) is 18.9 Å². The Morgan fingerprint density at radius 2 is 1.65 bits per heavy atom. The molecule has 0 saturated carbocycles. The molecule has 0 N–H and O–H groups in total. The lowest BCUT2D eigenvalue weighted by atomic mass is 10.1. The van der Waals surface area contributed by atoms with Crippen LogP contribution in [0.1, 0.15) is 58.3 Å². The van der Waals surface area contributed by atoms with Crippen molar-refractivity contribution in [1.82, 2.24) is 0 Å². The second-order valence-electron chi connectivity index (χ2n) is 6.25. The first-order chi connectivity index (χ1) is 9.90. The molecule has 2 bridgehead atoms. The Kier molecular flexibility index (Phi) is 5.32. The predicted octanol–water partition coefficient (Wildman–Crippen LogP) is 3.03. The molecule has 0 aliphatic carbocycles. The van der Waals surface area contributed by atoms with Crippen LogP contribution in [0.15, 0.2) is 0 Å². The second-order valence-corrected chi connectivity index (χ2v) is 6.25. The molecule has 116 valence electrons. The van der Waals surface area contributed by atoms with E-state index in [0.29, 0.717) is 6.61 Å². The highest BCUT2D eigenvalue weighted by Crippen LogP contribution is 2.42. The highest BCUT2D eigenvalue weighted by molar-refractivity contribution is 5.04. The number of fused-ring (bicyclic) bond motifs is 4. The normalized spacial score (nSPS) is 38.0. The molecule has 3 aliphatic heterocycles. The minimum absolute atomic E-state index is 0.0952. The van der Waals surface area contributed by atoms with E-state index in [1.807, 2.05) is 0 Å². The van der Waals surface area contributed by atoms with E-state index in [1.54, 1.807) is 0 Å². The average molecular weight is 284 g/mol. The van der Waals surface area contributed by atoms with Crippen LogP contribution in [0, 0.1) is 0 Å². The number of unbranched alkanes of at least 4 members (excludes halogenated alkanes) is 7. The van der Waals surface area contributed by atoms with E-state index in [4.69, 9.17) is 18.9 Å². The minimum Gasteiger partial charge on any atom is -0.373 e. The molecule has 3 rings (SSSR count). The maximum absolute atomic E-state index is 5.98. The summed E-state index contributed by atoms with van der Waals surface area (Å²) in [5.41, 5.74) is 0. The van der Waals surface area contributed by atoms with E-state index in [0.717, 1.165) is 13.0 Å². The zero-order valence-electron chi connectivity index (χ0n) is 12.6. The third kappa shape index (κ3) is 3.53. The summed E-state index contributed by atoms with van der Waals surface area (Å²) in [5.74, 6) is 0. The van der Waals surface area contributed by atoms with Crippen molar-refractivity contribution in [3.63, 3.8) is 0 Å². The summed E-state index contributed by atoms with van der Waals surface area (Å²) in [6.07, 6.45) is 11.1. The van der Waals surface area contributed by atoms with Crippen LogP contribution >= 0.6 is 0 Å². The van der Waals surface area contributed by atoms with Gasteiger partial charge in [0.05, 0.1) is 6.61 Å². The van der Waals surface area contributed by atoms with Gasteiger partial charge < -0.3 is 18.9 Å². The topological polar surface area (TPSA) is 40.2 Å². The summed E-state index contributed by atoms with van der Waals surface area (Å²) in [7, 11) is 0. The molecule has 20 heavy (non-hydrogen) atoms. The Morgan fingerprint density at radius 1 is 0.900 bits per heavy atom. The summed E-state index contributed by atoms with van der Waals surface area (Å²) in [6, 6.07) is 0. The molecule has 4 heteroatoms. The molecule has 0 amide bonds. The second kappa shape index (κ2) is 7.21. The van der Waals surface area contributed by atoms with Gasteiger partial charge in [-0.1, -0.05) is 51.9 Å². The van der Waals surface area contributed by atoms with E-state index >= 15 is 0 Å². The Bertz CT molecular complexity index is 296. The summed E-state index contributed by atoms with van der Waals surface area (Å²) < 4.78 is 22.8. The van der Waals surface area contributed by atoms with Crippen LogP contribution in [0.2, 0.25) is 0 Å². The van der Waals surface area contributed by atoms with Gasteiger partial charge in [0.15, 0.2) is 6.29 Å². The number of hydrogen-bond acceptors (Lipinski definition) is 4. The van der Waals surface area contributed by atoms with Crippen molar-refractivity contribution < 1.29 is 18.9 Å². The molecule has 0 aromatic heterocycles. The fourth-order valence-electron chi connectivity index (χ4n) is 3.27. The summed E-state index contributed by atoms with van der Waals surface area (Å²) >= 11 is 0. The lowest BCUT2D eigenvalue weighted by Gasteiger charge is -2.24. The van der Waals surface area contributed by atoms with Gasteiger partial charge in [0, 0.05) is 6.61 Å². The van der Waals surface area contributed by atoms with Crippen molar-refractivity contribution >= 4 is 0 Å². The van der Waals surface area contributed by atoms with E-state index in [1.165, 1.54) is 44.9 Å². The van der Waals surface area contributed by atoms with Crippen molar-refractivity contribution in [1.29, 1.82) is 0 Å². The lowest BCUT2D eigenvalue weighted by molar-refractivity contribution is -0.118. The smallest absolute Gasteiger partial charge is 0.187 e. The highest BCUT2D eigenvalue weighted by atomic mass is 16.8. The molecule has 3 heterocycles. The average Bonchev–Trinajstić information content (AvgIpc) is 3.14. The van der Waals surface area contributed by atoms with Crippen LogP contribution < -0.4 is 0 Å². The number of epoxide rings is 1. The van der Waals surface area contributed by atoms with Crippen molar-refractivity contribution in [3.8, 4) is 0 Å². The van der Waals surface area contributed by atoms with Gasteiger partial charge >= 0.3 is 0 Å². The third-order valence-corrected chi connectivity index (χ3v) is 4.56. The summed E-state index contributed by atoms with van der Waals surface area (Å²) in [5, 5.41) is 0. The molecule has 0 unspecified atom stereocenters. The predicted molar refractivity (Wildman–Crippen MR) is 75.6 cm³/mol. The molecule has 0 aromatic rings. The molecule has 4 nitrogen and oxygen atoms in total. The van der Waals surface area contributed by atoms with Crippen LogP contribution in [0.25, 0.3) is 0 Å². The van der Waals surface area contributed by atoms with Crippen LogP contribution in [-0.4, -0.2) is 43.9 Å². The Labute approximate surface area is 122 Å². The van der Waals surface area contributed by atoms with Gasteiger partial charge in [-0.2, -0.15) is 0 Å². The maximum Gasteiger partial charge on any atom is 0.187 e. The number of rotatable bonds is 10. The molecule has 0 radical (unpaired) electrons. The van der Waals surface area contributed by atoms with E-state index in [2.05, 4.69) is 6.92 Å². The van der Waals surface area contributed by atoms with Crippen LogP contribution in [0.3, 0.4) is 0 Å². The van der Waals surface area contributed by atoms with Gasteiger partial charge in [-0.05, 0) is 6.42 Å². The van der Waals surface area contributed by atoms with Crippen molar-refractivity contribution in [2.24, 2.45) is 0 Å². The number of ether oxygens (including phenoxy) is 4. The number of hydrogen-bond donors (Lipinski definition) is 0. The summed E-state index contributed by atoms with van der Waals surface area (Å²) in [6.45, 7) is 3.76. The molecular weight excluding hydrogens is 256 g/mol. The summed E-state index contributed by atoms with van der Waals surface area (Å²) in [4.78, 5) is 0. The monoisotopic (exact) mass is 284 g/mol. The first-order valence-corrected chi connectivity index (χ1v) is 8.44. The van der Waals surface area contributed by atoms with Gasteiger partial charge in [-0.3, -0.25) is 0 Å². The zero-order chi connectivity index (χ0) is 13.8. The Morgan fingerprint density at radius 3 is 2.45 bits per heavy atom. The van der Waals surface area contributed by atoms with Gasteiger partial charge in [-0.15, -0.1) is 0 Å². The van der Waals surface area contributed by atoms with Crippen molar-refractivity contribution in [2.45, 2.75) is 89.0 Å². The zero-order valence-corrected chi connectivity index (χ0v) is 12.6. The quantitative estimate of drug-likeness (QED) is 0.457. The van der Waals surface area contributed by atoms with E-state index in [-0.39, 0.29) is 30.7 Å². The molecule has 3 saturated heterocycles. The molecule has 3 aliphatic rings. The molecule has 0 aromatic carbocycles. The van der Waals surface area contributed by atoms with E-state index in [9.17, 15) is 0 Å². The Balaban J connectivity index is 1.21. The molecule has 3 fully saturated rings. The van der Waals surface area contributed by atoms with Gasteiger partial charge in [0.25, 0.3) is 0 Å². The van der Waals surface area contributed by atoms with Crippen molar-refractivity contribution in [2.75, 3.05) is 13.2 Å². The SMILES string of the molecule is CCCCCCCCCCO[C@H]1[C@@H]2O[C@@H]2[C@@H]2OC[C@H]1O2. The Hall–Kier alpha value is -0.160. The largest absolute Gasteiger partial charge is 0.373 e. The van der Waals surface area contributed by atoms with Gasteiger partial charge in [0.2, 0.25) is 0 Å². The van der Waals surface area contributed by atoms with Crippen molar-refractivity contribution in [3.05, 3.63) is 0 Å². The molecular formula is C16H28O4. The lowest BCUT2D eigenvalue weighted by Crippen LogP contribution is -2.42. The first-order valence-electron chi connectivity index (χ1n) is 8.44. The third-order valence-electron chi connectivity index (χ3n) is 4.56. The van der Waals surface area contributed by atoms with E-state index < -0.39 is 0 Å². The standard InChI is InChI=1S/C16H28O4/c1-2-3-4-5-6-7-8-9-10-17-13-12-11-18-16(19-12)15-14(13)20-15/h12-16H,2-11H2,1H3/t12-,13-,14+,15+,16-/m1/s1. The van der Waals surface area contributed by atoms with Gasteiger partial charge in [-0.25, -0.2) is 0 Å². The van der Waals surface area contributed by atoms with Crippen LogP contribution in [0.5, 0.6) is 0 Å². The fraction of sp³-hybridized carbons (Fsp3) is 1.00. The fourth-order valence-corrected chi connectivity index (χ4v) is 3.27. The molecule has 0 spiro atoms. The first kappa shape index (κ1) is 14.8.